The monoisotopic (exact) mass is 1050 g/mol. The molecule has 0 amide bonds. The van der Waals surface area contributed by atoms with E-state index in [1.165, 1.54) is 20.3 Å². The fourth-order valence-corrected chi connectivity index (χ4v) is 9.71. The van der Waals surface area contributed by atoms with Crippen LogP contribution in [0.5, 0.6) is 11.5 Å². The number of aryl methyl sites for hydroxylation is 2. The largest absolute Gasteiger partial charge is 0.509 e. The van der Waals surface area contributed by atoms with Gasteiger partial charge in [0.2, 0.25) is 0 Å². The summed E-state index contributed by atoms with van der Waals surface area (Å²) >= 11 is 0. The number of benzene rings is 7. The van der Waals surface area contributed by atoms with E-state index in [1.807, 2.05) is 114 Å². The van der Waals surface area contributed by atoms with E-state index < -0.39 is 14.0 Å². The van der Waals surface area contributed by atoms with Gasteiger partial charge in [-0.05, 0) is 75.9 Å². The van der Waals surface area contributed by atoms with Crippen LogP contribution < -0.4 is 14.5 Å². The minimum absolute atomic E-state index is 0. The van der Waals surface area contributed by atoms with Gasteiger partial charge in [-0.2, -0.15) is 12.1 Å². The first-order chi connectivity index (χ1) is 33.8. The van der Waals surface area contributed by atoms with E-state index in [4.69, 9.17) is 17.9 Å². The number of fused-ring (bicyclic) bond motifs is 10. The van der Waals surface area contributed by atoms with Crippen LogP contribution in [0, 0.1) is 18.8 Å². The van der Waals surface area contributed by atoms with Gasteiger partial charge in [0.1, 0.15) is 5.82 Å². The molecule has 0 bridgehead atoms. The van der Waals surface area contributed by atoms with Crippen molar-refractivity contribution in [1.82, 2.24) is 18.7 Å². The van der Waals surface area contributed by atoms with E-state index in [-0.39, 0.29) is 31.9 Å². The first kappa shape index (κ1) is 35.4. The molecule has 0 fully saturated rings. The molecule has 11 aromatic rings. The molecule has 0 atom stereocenters. The Morgan fingerprint density at radius 3 is 1.83 bits per heavy atom. The zero-order valence-corrected chi connectivity index (χ0v) is 39.6. The van der Waals surface area contributed by atoms with Crippen LogP contribution in [0.15, 0.2) is 146 Å². The van der Waals surface area contributed by atoms with Crippen molar-refractivity contribution in [2.24, 2.45) is 14.0 Å². The zero-order chi connectivity index (χ0) is 49.5. The summed E-state index contributed by atoms with van der Waals surface area (Å²) in [6.45, 7) is 9.90. The zero-order valence-electron chi connectivity index (χ0n) is 43.3. The van der Waals surface area contributed by atoms with Crippen molar-refractivity contribution < 1.29 is 34.0 Å². The SMILES string of the molecule is [2H]C([2H])([2H])n1c2ccccc2c2cc3c4ccccc4n(C([2H])([2H])[2H])c3c(N3[CH-]N(c4[c-]c(Oc5[c-]c6c(cc5)c5cc(C(C)(C)C)ccc5n6-c5cc(C(C)(C)C)ccn5)ccc4)c4ccccc43)c21.[Pt]. The van der Waals surface area contributed by atoms with E-state index in [9.17, 15) is 0 Å². The van der Waals surface area contributed by atoms with E-state index in [0.29, 0.717) is 55.7 Å². The van der Waals surface area contributed by atoms with Crippen LogP contribution in [0.3, 0.4) is 0 Å². The molecule has 0 aliphatic carbocycles. The molecule has 5 heterocycles. The van der Waals surface area contributed by atoms with Crippen LogP contribution in [0.25, 0.3) is 71.2 Å². The normalized spacial score (nSPS) is 14.9. The van der Waals surface area contributed by atoms with Gasteiger partial charge in [0.05, 0.1) is 16.7 Å². The van der Waals surface area contributed by atoms with Crippen LogP contribution in [-0.4, -0.2) is 18.7 Å². The van der Waals surface area contributed by atoms with Gasteiger partial charge in [0, 0.05) is 110 Å². The summed E-state index contributed by atoms with van der Waals surface area (Å²) in [6, 6.07) is 52.4. The number of ether oxygens (including phenoxy) is 1. The van der Waals surface area contributed by atoms with Crippen molar-refractivity contribution in [2.75, 3.05) is 9.80 Å². The van der Waals surface area contributed by atoms with Crippen LogP contribution >= 0.6 is 0 Å². The van der Waals surface area contributed by atoms with Crippen molar-refractivity contribution in [2.45, 2.75) is 52.4 Å². The average Bonchev–Trinajstić information content (AvgIpc) is 4.07. The molecular weight excluding hydrogens is 992 g/mol. The molecule has 0 N–H and O–H groups in total. The number of hydrogen-bond acceptors (Lipinski definition) is 4. The molecule has 1 aliphatic rings. The molecule has 0 saturated heterocycles. The molecule has 12 rings (SSSR count). The molecule has 0 unspecified atom stereocenters. The third kappa shape index (κ3) is 6.38. The van der Waals surface area contributed by atoms with Crippen LogP contribution in [0.4, 0.5) is 22.7 Å². The number of para-hydroxylation sites is 4. The number of rotatable bonds is 5. The number of pyridine rings is 1. The number of anilines is 4. The summed E-state index contributed by atoms with van der Waals surface area (Å²) in [7, 11) is 0. The second-order valence-electron chi connectivity index (χ2n) is 19.1. The molecule has 0 spiro atoms. The molecule has 0 radical (unpaired) electrons. The van der Waals surface area contributed by atoms with Crippen molar-refractivity contribution in [3.63, 3.8) is 0 Å². The topological polar surface area (TPSA) is 43.4 Å². The summed E-state index contributed by atoms with van der Waals surface area (Å²) < 4.78 is 65.3. The third-order valence-electron chi connectivity index (χ3n) is 13.0. The maximum absolute atomic E-state index is 8.95. The summed E-state index contributed by atoms with van der Waals surface area (Å²) in [6.07, 6.45) is 1.87. The van der Waals surface area contributed by atoms with Crippen LogP contribution in [-0.2, 0) is 45.8 Å². The van der Waals surface area contributed by atoms with Gasteiger partial charge in [0.15, 0.2) is 0 Å². The molecule has 0 saturated carbocycles. The number of nitrogens with zero attached hydrogens (tertiary/aromatic N) is 6. The molecule has 330 valence electrons. The predicted octanol–water partition coefficient (Wildman–Crippen LogP) is 14.9. The fourth-order valence-electron chi connectivity index (χ4n) is 9.71. The van der Waals surface area contributed by atoms with E-state index in [1.54, 1.807) is 12.1 Å². The van der Waals surface area contributed by atoms with Crippen molar-refractivity contribution in [1.29, 1.82) is 0 Å². The smallest absolute Gasteiger partial charge is 0.135 e. The minimum Gasteiger partial charge on any atom is -0.509 e. The molecule has 1 aliphatic heterocycles. The van der Waals surface area contributed by atoms with Crippen LogP contribution in [0.2, 0.25) is 0 Å². The Balaban J connectivity index is 0.00000560. The maximum Gasteiger partial charge on any atom is 0.135 e. The Kier molecular flexibility index (Phi) is 8.12. The molecule has 8 heteroatoms. The average molecular weight is 1050 g/mol. The van der Waals surface area contributed by atoms with Gasteiger partial charge in [-0.3, -0.25) is 0 Å². The van der Waals surface area contributed by atoms with Crippen molar-refractivity contribution in [3.05, 3.63) is 176 Å². The molecule has 7 aromatic carbocycles. The van der Waals surface area contributed by atoms with E-state index in [2.05, 4.69) is 94.6 Å². The number of aromatic nitrogens is 4. The Hall–Kier alpha value is -6.82. The Bertz CT molecular complexity index is 3880. The third-order valence-corrected chi connectivity index (χ3v) is 13.0. The first-order valence-corrected chi connectivity index (χ1v) is 22.0. The van der Waals surface area contributed by atoms with Gasteiger partial charge in [-0.1, -0.05) is 108 Å². The van der Waals surface area contributed by atoms with Gasteiger partial charge in [-0.15, -0.1) is 48.1 Å². The van der Waals surface area contributed by atoms with Crippen molar-refractivity contribution in [3.8, 4) is 17.3 Å². The predicted molar refractivity (Wildman–Crippen MR) is 270 cm³/mol. The standard InChI is InChI=1S/C58H49N6O.Pt/c1-57(2,3)36-24-27-49-44(30-36)43-26-25-40(33-52(43)64(49)53-31-37(28-29-59-53)58(4,5)6)65-39-17-15-16-38(32-39)62-35-63(51-23-14-13-22-50(51)62)56-54-45(41-18-9-11-20-47(41)60(54)7)34-46-42-19-10-12-21-48(42)61(8)55(46)56;/h9-31,34-35H,1-8H3;/q-3;/i7D3,8D3;. The molecule has 66 heavy (non-hydrogen) atoms. The summed E-state index contributed by atoms with van der Waals surface area (Å²) in [5, 5.41) is 5.01. The maximum atomic E-state index is 8.95. The van der Waals surface area contributed by atoms with E-state index in [0.717, 1.165) is 49.8 Å². The van der Waals surface area contributed by atoms with Gasteiger partial charge in [-0.25, -0.2) is 4.98 Å². The number of hydrogen-bond donors (Lipinski definition) is 0. The summed E-state index contributed by atoms with van der Waals surface area (Å²) in [5.41, 5.74) is 8.48. The first-order valence-electron chi connectivity index (χ1n) is 25.0. The quantitative estimate of drug-likeness (QED) is 0.161. The second-order valence-corrected chi connectivity index (χ2v) is 19.1. The second kappa shape index (κ2) is 15.1. The Morgan fingerprint density at radius 2 is 1.17 bits per heavy atom. The Labute approximate surface area is 408 Å². The van der Waals surface area contributed by atoms with Gasteiger partial charge >= 0.3 is 0 Å². The Morgan fingerprint density at radius 1 is 0.545 bits per heavy atom. The fraction of sp³-hybridized carbons (Fsp3) is 0.172. The molecule has 4 aromatic heterocycles. The van der Waals surface area contributed by atoms with Gasteiger partial charge in [0.25, 0.3) is 0 Å². The molecular formula is C58H49N6OPt-3. The van der Waals surface area contributed by atoms with Gasteiger partial charge < -0.3 is 28.2 Å². The summed E-state index contributed by atoms with van der Waals surface area (Å²) in [5.74, 6) is 1.74. The summed E-state index contributed by atoms with van der Waals surface area (Å²) in [4.78, 5) is 8.80. The van der Waals surface area contributed by atoms with E-state index >= 15 is 0 Å². The minimum atomic E-state index is -2.63. The van der Waals surface area contributed by atoms with Crippen LogP contribution in [0.1, 0.15) is 60.9 Å². The van der Waals surface area contributed by atoms with Crippen molar-refractivity contribution >= 4 is 88.2 Å². The molecule has 7 nitrogen and oxygen atoms in total.